The third-order valence-corrected chi connectivity index (χ3v) is 1.21. The summed E-state index contributed by atoms with van der Waals surface area (Å²) in [6.45, 7) is -0.214. The van der Waals surface area contributed by atoms with Crippen LogP contribution in [0.25, 0.3) is 0 Å². The molecule has 1 aromatic rings. The first-order chi connectivity index (χ1) is 5.25. The fourth-order valence-electron chi connectivity index (χ4n) is 0.688. The first kappa shape index (κ1) is 11.0. The topological polar surface area (TPSA) is 56.0 Å². The molecule has 0 aliphatic carbocycles. The van der Waals surface area contributed by atoms with E-state index >= 15 is 0 Å². The quantitative estimate of drug-likeness (QED) is 0.702. The lowest BCUT2D eigenvalue weighted by Crippen LogP contribution is -2.16. The summed E-state index contributed by atoms with van der Waals surface area (Å²) in [5.74, 6) is -1.11. The molecular formula is C7H8ClFN2O. The van der Waals surface area contributed by atoms with E-state index in [0.717, 1.165) is 0 Å². The summed E-state index contributed by atoms with van der Waals surface area (Å²) in [5, 5.41) is 0. The molecule has 1 heterocycles. The van der Waals surface area contributed by atoms with Crippen LogP contribution in [-0.4, -0.2) is 17.3 Å². The third-order valence-electron chi connectivity index (χ3n) is 1.21. The second-order valence-corrected chi connectivity index (χ2v) is 1.96. The van der Waals surface area contributed by atoms with E-state index in [1.807, 2.05) is 0 Å². The van der Waals surface area contributed by atoms with Crippen molar-refractivity contribution in [2.75, 3.05) is 6.54 Å². The second kappa shape index (κ2) is 4.79. The molecular weight excluding hydrogens is 183 g/mol. The van der Waals surface area contributed by atoms with Crippen molar-refractivity contribution in [3.63, 3.8) is 0 Å². The van der Waals surface area contributed by atoms with Gasteiger partial charge in [-0.05, 0) is 12.1 Å². The minimum atomic E-state index is -0.622. The molecule has 66 valence electrons. The number of carbonyl (C=O) groups excluding carboxylic acids is 1. The number of halogens is 2. The Kier molecular flexibility index (Phi) is 4.39. The van der Waals surface area contributed by atoms with E-state index in [-0.39, 0.29) is 24.6 Å². The van der Waals surface area contributed by atoms with Gasteiger partial charge in [0.1, 0.15) is 5.69 Å². The van der Waals surface area contributed by atoms with Crippen LogP contribution in [0, 0.1) is 5.82 Å². The van der Waals surface area contributed by atoms with E-state index in [1.54, 1.807) is 0 Å². The number of nitrogens with zero attached hydrogens (tertiary/aromatic N) is 1. The summed E-state index contributed by atoms with van der Waals surface area (Å²) in [6.07, 6.45) is 1.35. The van der Waals surface area contributed by atoms with Crippen LogP contribution in [0.1, 0.15) is 10.5 Å². The van der Waals surface area contributed by atoms with Gasteiger partial charge in [0.25, 0.3) is 0 Å². The molecule has 0 atom stereocenters. The first-order valence-electron chi connectivity index (χ1n) is 3.09. The van der Waals surface area contributed by atoms with E-state index in [1.165, 1.54) is 18.3 Å². The average molecular weight is 191 g/mol. The Labute approximate surface area is 75.2 Å². The Hall–Kier alpha value is -1.00. The van der Waals surface area contributed by atoms with E-state index in [4.69, 9.17) is 5.73 Å². The highest BCUT2D eigenvalue weighted by Gasteiger charge is 2.09. The fraction of sp³-hybridized carbons (Fsp3) is 0.143. The molecule has 3 nitrogen and oxygen atoms in total. The van der Waals surface area contributed by atoms with Crippen LogP contribution < -0.4 is 5.73 Å². The molecule has 2 N–H and O–H groups in total. The smallest absolute Gasteiger partial charge is 0.197 e. The molecule has 0 fully saturated rings. The highest BCUT2D eigenvalue weighted by molar-refractivity contribution is 5.95. The molecule has 0 radical (unpaired) electrons. The van der Waals surface area contributed by atoms with Gasteiger partial charge in [-0.3, -0.25) is 4.79 Å². The minimum Gasteiger partial charge on any atom is -0.324 e. The molecule has 0 saturated carbocycles. The lowest BCUT2D eigenvalue weighted by atomic mass is 10.2. The summed E-state index contributed by atoms with van der Waals surface area (Å²) in [7, 11) is 0. The van der Waals surface area contributed by atoms with Crippen molar-refractivity contribution in [2.45, 2.75) is 0 Å². The lowest BCUT2D eigenvalue weighted by Gasteiger charge is -1.96. The largest absolute Gasteiger partial charge is 0.324 e. The van der Waals surface area contributed by atoms with Gasteiger partial charge in [0.15, 0.2) is 11.6 Å². The van der Waals surface area contributed by atoms with Crippen molar-refractivity contribution in [1.82, 2.24) is 4.98 Å². The third kappa shape index (κ3) is 2.25. The van der Waals surface area contributed by atoms with Gasteiger partial charge in [0, 0.05) is 6.20 Å². The number of hydrogen-bond donors (Lipinski definition) is 1. The molecule has 0 saturated heterocycles. The van der Waals surface area contributed by atoms with Crippen LogP contribution in [0.3, 0.4) is 0 Å². The van der Waals surface area contributed by atoms with Crippen LogP contribution in [0.5, 0.6) is 0 Å². The number of rotatable bonds is 2. The normalized spacial score (nSPS) is 8.83. The molecule has 0 aliphatic heterocycles. The molecule has 0 bridgehead atoms. The van der Waals surface area contributed by atoms with Gasteiger partial charge in [-0.2, -0.15) is 0 Å². The highest BCUT2D eigenvalue weighted by Crippen LogP contribution is 2.01. The fourth-order valence-corrected chi connectivity index (χ4v) is 0.688. The van der Waals surface area contributed by atoms with Crippen LogP contribution in [0.15, 0.2) is 18.3 Å². The van der Waals surface area contributed by atoms with Gasteiger partial charge in [-0.1, -0.05) is 0 Å². The Morgan fingerprint density at radius 3 is 2.83 bits per heavy atom. The van der Waals surface area contributed by atoms with Gasteiger partial charge >= 0.3 is 0 Å². The van der Waals surface area contributed by atoms with Gasteiger partial charge in [0.2, 0.25) is 0 Å². The molecule has 1 aromatic heterocycles. The van der Waals surface area contributed by atoms with Crippen LogP contribution in [0.2, 0.25) is 0 Å². The molecule has 1 rings (SSSR count). The van der Waals surface area contributed by atoms with Crippen molar-refractivity contribution >= 4 is 18.2 Å². The number of pyridine rings is 1. The summed E-state index contributed by atoms with van der Waals surface area (Å²) in [4.78, 5) is 14.4. The standard InChI is InChI=1S/C7H7FN2O.ClH/c8-5-2-1-3-10-7(5)6(11)4-9;/h1-3H,4,9H2;1H. The molecule has 12 heavy (non-hydrogen) atoms. The van der Waals surface area contributed by atoms with Gasteiger partial charge < -0.3 is 5.73 Å². The number of hydrogen-bond acceptors (Lipinski definition) is 3. The van der Waals surface area contributed by atoms with Gasteiger partial charge in [0.05, 0.1) is 6.54 Å². The SMILES string of the molecule is Cl.NCC(=O)c1ncccc1F. The number of ketones is 1. The summed E-state index contributed by atoms with van der Waals surface area (Å²) in [6, 6.07) is 2.60. The number of carbonyl (C=O) groups is 1. The van der Waals surface area contributed by atoms with E-state index in [2.05, 4.69) is 4.98 Å². The average Bonchev–Trinajstić information content (AvgIpc) is 2.04. The number of Topliss-reactive ketones (excluding diaryl/α,β-unsaturated/α-hetero) is 1. The zero-order valence-corrected chi connectivity index (χ0v) is 6.97. The monoisotopic (exact) mass is 190 g/mol. The predicted molar refractivity (Wildman–Crippen MR) is 44.8 cm³/mol. The maximum atomic E-state index is 12.7. The van der Waals surface area contributed by atoms with Crippen molar-refractivity contribution in [3.05, 3.63) is 29.8 Å². The maximum Gasteiger partial charge on any atom is 0.197 e. The summed E-state index contributed by atoms with van der Waals surface area (Å²) < 4.78 is 12.7. The van der Waals surface area contributed by atoms with Crippen LogP contribution >= 0.6 is 12.4 Å². The molecule has 0 aromatic carbocycles. The Bertz CT molecular complexity index is 280. The lowest BCUT2D eigenvalue weighted by molar-refractivity contribution is 0.0992. The molecule has 0 unspecified atom stereocenters. The van der Waals surface area contributed by atoms with Gasteiger partial charge in [-0.15, -0.1) is 12.4 Å². The first-order valence-corrected chi connectivity index (χ1v) is 3.09. The maximum absolute atomic E-state index is 12.7. The van der Waals surface area contributed by atoms with Crippen molar-refractivity contribution in [3.8, 4) is 0 Å². The zero-order valence-electron chi connectivity index (χ0n) is 6.16. The zero-order chi connectivity index (χ0) is 8.27. The Morgan fingerprint density at radius 2 is 2.33 bits per heavy atom. The second-order valence-electron chi connectivity index (χ2n) is 1.96. The summed E-state index contributed by atoms with van der Waals surface area (Å²) in [5.41, 5.74) is 4.83. The van der Waals surface area contributed by atoms with Crippen molar-refractivity contribution < 1.29 is 9.18 Å². The molecule has 5 heteroatoms. The molecule has 0 amide bonds. The molecule has 0 aliphatic rings. The predicted octanol–water partition coefficient (Wildman–Crippen LogP) is 0.784. The van der Waals surface area contributed by atoms with E-state index in [0.29, 0.717) is 0 Å². The van der Waals surface area contributed by atoms with Crippen molar-refractivity contribution in [2.24, 2.45) is 5.73 Å². The number of aromatic nitrogens is 1. The van der Waals surface area contributed by atoms with Crippen LogP contribution in [-0.2, 0) is 0 Å². The van der Waals surface area contributed by atoms with E-state index in [9.17, 15) is 9.18 Å². The number of nitrogens with two attached hydrogens (primary N) is 1. The van der Waals surface area contributed by atoms with Gasteiger partial charge in [-0.25, -0.2) is 9.37 Å². The molecule has 0 spiro atoms. The Balaban J connectivity index is 0.00000121. The van der Waals surface area contributed by atoms with Crippen molar-refractivity contribution in [1.29, 1.82) is 0 Å². The minimum absolute atomic E-state index is 0. The highest BCUT2D eigenvalue weighted by atomic mass is 35.5. The van der Waals surface area contributed by atoms with E-state index < -0.39 is 11.6 Å². The Morgan fingerprint density at radius 1 is 1.67 bits per heavy atom. The summed E-state index contributed by atoms with van der Waals surface area (Å²) >= 11 is 0. The van der Waals surface area contributed by atoms with Crippen LogP contribution in [0.4, 0.5) is 4.39 Å².